The molecule has 0 aliphatic carbocycles. The van der Waals surface area contributed by atoms with Gasteiger partial charge in [0.15, 0.2) is 6.29 Å². The Kier molecular flexibility index (Phi) is 8.32. The van der Waals surface area contributed by atoms with E-state index in [4.69, 9.17) is 5.11 Å². The molecule has 112 valence electrons. The number of quaternary nitrogens is 2. The van der Waals surface area contributed by atoms with Crippen LogP contribution in [0.25, 0.3) is 0 Å². The van der Waals surface area contributed by atoms with Crippen LogP contribution in [0.4, 0.5) is 0 Å². The Labute approximate surface area is 102 Å². The van der Waals surface area contributed by atoms with Crippen molar-refractivity contribution in [3.05, 3.63) is 0 Å². The minimum absolute atomic E-state index is 0. The van der Waals surface area contributed by atoms with Gasteiger partial charge in [-0.25, -0.2) is 0 Å². The first-order valence-electron chi connectivity index (χ1n) is 4.27. The van der Waals surface area contributed by atoms with E-state index in [-0.39, 0.29) is 12.3 Å². The number of hydrogen-bond acceptors (Lipinski definition) is 9. The van der Waals surface area contributed by atoms with Crippen LogP contribution in [0.5, 0.6) is 0 Å². The van der Waals surface area contributed by atoms with Crippen molar-refractivity contribution in [1.82, 2.24) is 12.3 Å². The third kappa shape index (κ3) is 4.84. The van der Waals surface area contributed by atoms with Crippen LogP contribution in [0.1, 0.15) is 0 Å². The summed E-state index contributed by atoms with van der Waals surface area (Å²) < 4.78 is 18.7. The fraction of sp³-hybridized carbons (Fsp3) is 1.00. The highest BCUT2D eigenvalue weighted by Crippen LogP contribution is 2.33. The summed E-state index contributed by atoms with van der Waals surface area (Å²) in [4.78, 5) is 20.6. The Balaban J connectivity index is 0. The van der Waals surface area contributed by atoms with Crippen molar-refractivity contribution in [3.8, 4) is 0 Å². The topological polar surface area (TPSA) is 236 Å². The summed E-state index contributed by atoms with van der Waals surface area (Å²) in [6, 6.07) is 0. The monoisotopic (exact) mass is 294 g/mol. The number of hydrogen-bond donors (Lipinski definition) is 6. The first kappa shape index (κ1) is 20.2. The maximum absolute atomic E-state index is 10.3. The molecule has 1 saturated heterocycles. The van der Waals surface area contributed by atoms with Gasteiger partial charge in [0.1, 0.15) is 24.4 Å². The molecule has 0 amide bonds. The molecule has 12 heteroatoms. The van der Waals surface area contributed by atoms with Gasteiger partial charge in [-0.05, 0) is 0 Å². The van der Waals surface area contributed by atoms with Gasteiger partial charge in [-0.15, -0.1) is 0 Å². The van der Waals surface area contributed by atoms with Crippen LogP contribution in [-0.2, 0) is 13.8 Å². The third-order valence-corrected chi connectivity index (χ3v) is 2.55. The number of aliphatic hydroxyl groups excluding tert-OH is 4. The van der Waals surface area contributed by atoms with E-state index in [2.05, 4.69) is 9.26 Å². The lowest BCUT2D eigenvalue weighted by Gasteiger charge is -2.43. The quantitative estimate of drug-likeness (QED) is 0.281. The summed E-state index contributed by atoms with van der Waals surface area (Å²) in [5.41, 5.74) is 0. The van der Waals surface area contributed by atoms with Crippen molar-refractivity contribution in [3.63, 3.8) is 0 Å². The van der Waals surface area contributed by atoms with Crippen LogP contribution < -0.4 is 22.1 Å². The summed E-state index contributed by atoms with van der Waals surface area (Å²) >= 11 is 0. The van der Waals surface area contributed by atoms with E-state index in [0.717, 1.165) is 0 Å². The second-order valence-electron chi connectivity index (χ2n) is 3.25. The van der Waals surface area contributed by atoms with Crippen LogP contribution >= 0.6 is 7.82 Å². The molecule has 0 aromatic rings. The second kappa shape index (κ2) is 7.43. The largest absolute Gasteiger partial charge is 0.790 e. The van der Waals surface area contributed by atoms with E-state index in [1.807, 2.05) is 0 Å². The zero-order chi connectivity index (χ0) is 12.5. The summed E-state index contributed by atoms with van der Waals surface area (Å²) in [5, 5.41) is 36.5. The Morgan fingerprint density at radius 3 is 2.00 bits per heavy atom. The van der Waals surface area contributed by atoms with Crippen LogP contribution in [-0.4, -0.2) is 57.7 Å². The fourth-order valence-electron chi connectivity index (χ4n) is 1.28. The first-order chi connectivity index (χ1) is 7.26. The van der Waals surface area contributed by atoms with E-state index in [0.29, 0.717) is 0 Å². The Morgan fingerprint density at radius 2 is 1.61 bits per heavy atom. The lowest BCUT2D eigenvalue weighted by molar-refractivity contribution is -0.368. The maximum Gasteiger partial charge on any atom is 0.191 e. The summed E-state index contributed by atoms with van der Waals surface area (Å²) in [6.45, 7) is -0.743. The molecule has 1 heterocycles. The van der Waals surface area contributed by atoms with Crippen LogP contribution in [0.15, 0.2) is 0 Å². The van der Waals surface area contributed by atoms with Crippen molar-refractivity contribution in [1.29, 1.82) is 0 Å². The molecule has 0 unspecified atom stereocenters. The molecule has 0 radical (unpaired) electrons. The van der Waals surface area contributed by atoms with Gasteiger partial charge < -0.3 is 56.3 Å². The lowest BCUT2D eigenvalue weighted by Crippen LogP contribution is -2.59. The molecule has 1 aliphatic rings. The van der Waals surface area contributed by atoms with Gasteiger partial charge in [0.05, 0.1) is 14.4 Å². The summed E-state index contributed by atoms with van der Waals surface area (Å²) in [7, 11) is -5.41. The van der Waals surface area contributed by atoms with Crippen molar-refractivity contribution < 1.29 is 44.0 Å². The molecule has 0 bridgehead atoms. The van der Waals surface area contributed by atoms with E-state index >= 15 is 0 Å². The highest BCUT2D eigenvalue weighted by molar-refractivity contribution is 7.43. The van der Waals surface area contributed by atoms with Gasteiger partial charge >= 0.3 is 0 Å². The molecule has 1 fully saturated rings. The van der Waals surface area contributed by atoms with Gasteiger partial charge in [0.2, 0.25) is 0 Å². The van der Waals surface area contributed by atoms with Gasteiger partial charge in [0, 0.05) is 0 Å². The fourth-order valence-corrected chi connectivity index (χ4v) is 1.71. The smallest absolute Gasteiger partial charge is 0.191 e. The molecule has 1 rings (SSSR count). The molecular formula is C6H19N2O9P. The molecule has 1 aliphatic heterocycles. The van der Waals surface area contributed by atoms with Gasteiger partial charge in [0.25, 0.3) is 0 Å². The van der Waals surface area contributed by atoms with Crippen LogP contribution in [0, 0.1) is 0 Å². The predicted octanol–water partition coefficient (Wildman–Crippen LogP) is -3.62. The Morgan fingerprint density at radius 1 is 1.11 bits per heavy atom. The van der Waals surface area contributed by atoms with E-state index < -0.39 is 45.1 Å². The molecule has 0 spiro atoms. The standard InChI is InChI=1S/C6H13O9P.2H3N/c7-1-2-3(8)4(9)5(10)6(14-2)15-16(11,12)13;;/h2-10H,1H2,(H2,11,12,13);2*1H3/t2-,3-,4+,5+,6-;;/m1../s1. The average Bonchev–Trinajstić information content (AvgIpc) is 2.17. The third-order valence-electron chi connectivity index (χ3n) is 2.08. The molecule has 18 heavy (non-hydrogen) atoms. The minimum Gasteiger partial charge on any atom is -0.790 e. The van der Waals surface area contributed by atoms with Gasteiger partial charge in [-0.3, -0.25) is 0 Å². The van der Waals surface area contributed by atoms with Crippen molar-refractivity contribution in [2.75, 3.05) is 6.61 Å². The van der Waals surface area contributed by atoms with Crippen LogP contribution in [0.2, 0.25) is 0 Å². The van der Waals surface area contributed by atoms with Crippen molar-refractivity contribution >= 4 is 7.82 Å². The molecule has 0 saturated carbocycles. The maximum atomic E-state index is 10.3. The second-order valence-corrected chi connectivity index (χ2v) is 4.36. The number of phosphoric ester groups is 1. The van der Waals surface area contributed by atoms with Crippen LogP contribution in [0.3, 0.4) is 0 Å². The van der Waals surface area contributed by atoms with Gasteiger partial charge in [-0.1, -0.05) is 0 Å². The molecule has 5 atom stereocenters. The average molecular weight is 294 g/mol. The molecule has 12 N–H and O–H groups in total. The van der Waals surface area contributed by atoms with E-state index in [1.54, 1.807) is 0 Å². The normalized spacial score (nSPS) is 36.4. The number of aliphatic hydroxyl groups is 4. The molecule has 0 aromatic carbocycles. The zero-order valence-electron chi connectivity index (χ0n) is 9.87. The van der Waals surface area contributed by atoms with E-state index in [9.17, 15) is 29.7 Å². The minimum atomic E-state index is -5.41. The van der Waals surface area contributed by atoms with Crippen molar-refractivity contribution in [2.45, 2.75) is 30.7 Å². The Hall–Kier alpha value is -0.170. The van der Waals surface area contributed by atoms with E-state index in [1.165, 1.54) is 0 Å². The lowest BCUT2D eigenvalue weighted by atomic mass is 10.00. The van der Waals surface area contributed by atoms with Gasteiger partial charge in [-0.2, -0.15) is 0 Å². The highest BCUT2D eigenvalue weighted by atomic mass is 31.2. The first-order valence-corrected chi connectivity index (χ1v) is 5.73. The summed E-state index contributed by atoms with van der Waals surface area (Å²) in [5.74, 6) is 0. The van der Waals surface area contributed by atoms with Crippen molar-refractivity contribution in [2.24, 2.45) is 0 Å². The molecular weight excluding hydrogens is 275 g/mol. The molecule has 11 nitrogen and oxygen atoms in total. The number of ether oxygens (including phenoxy) is 1. The summed E-state index contributed by atoms with van der Waals surface area (Å²) in [6.07, 6.45) is -8.61. The zero-order valence-corrected chi connectivity index (χ0v) is 10.8. The Bertz CT molecular complexity index is 284. The number of phosphoric acid groups is 1. The SMILES string of the molecule is O=P([O-])([O-])O[C@H]1O[C@H](CO)[C@@H](O)[C@H](O)[C@@H]1O.[NH4+].[NH4+]. The predicted molar refractivity (Wildman–Crippen MR) is 54.4 cm³/mol. The highest BCUT2D eigenvalue weighted by Gasteiger charge is 2.44. The number of rotatable bonds is 3. The molecule has 0 aromatic heterocycles.